The van der Waals surface area contributed by atoms with Crippen molar-refractivity contribution in [3.8, 4) is 0 Å². The van der Waals surface area contributed by atoms with E-state index in [4.69, 9.17) is 11.6 Å². The average molecular weight is 311 g/mol. The Bertz CT molecular complexity index is 455. The lowest BCUT2D eigenvalue weighted by molar-refractivity contribution is -0.197. The van der Waals surface area contributed by atoms with Crippen molar-refractivity contribution in [1.82, 2.24) is 0 Å². The van der Waals surface area contributed by atoms with Gasteiger partial charge in [0.25, 0.3) is 0 Å². The molecule has 2 unspecified atom stereocenters. The van der Waals surface area contributed by atoms with Gasteiger partial charge < -0.3 is 0 Å². The highest BCUT2D eigenvalue weighted by atomic mass is 35.5. The molecule has 0 saturated heterocycles. The van der Waals surface area contributed by atoms with Crippen molar-refractivity contribution < 1.29 is 18.0 Å². The summed E-state index contributed by atoms with van der Waals surface area (Å²) < 4.78 is 39.3. The molecule has 1 aliphatic carbocycles. The first-order valence-electron chi connectivity index (χ1n) is 6.21. The highest BCUT2D eigenvalue weighted by molar-refractivity contribution is 7.16. The Morgan fingerprint density at radius 3 is 2.58 bits per heavy atom. The number of hydrogen-bond acceptors (Lipinski definition) is 2. The minimum atomic E-state index is -4.27. The summed E-state index contributed by atoms with van der Waals surface area (Å²) in [5.74, 6) is -2.65. The monoisotopic (exact) mass is 310 g/mol. The quantitative estimate of drug-likeness (QED) is 0.777. The molecule has 6 heteroatoms. The molecule has 1 aliphatic rings. The number of carbonyl (C=O) groups is 1. The first kappa shape index (κ1) is 14.9. The largest absolute Gasteiger partial charge is 0.392 e. The fraction of sp³-hybridized carbons (Fsp3) is 0.615. The predicted octanol–water partition coefficient (Wildman–Crippen LogP) is 4.88. The molecule has 1 heterocycles. The normalized spacial score (nSPS) is 24.4. The molecule has 1 saturated carbocycles. The summed E-state index contributed by atoms with van der Waals surface area (Å²) in [5.41, 5.74) is 0. The Morgan fingerprint density at radius 2 is 2.00 bits per heavy atom. The van der Waals surface area contributed by atoms with E-state index in [0.29, 0.717) is 23.6 Å². The minimum absolute atomic E-state index is 0.0641. The van der Waals surface area contributed by atoms with Gasteiger partial charge in [0.15, 0.2) is 0 Å². The van der Waals surface area contributed by atoms with Gasteiger partial charge in [-0.1, -0.05) is 24.4 Å². The van der Waals surface area contributed by atoms with Crippen LogP contribution < -0.4 is 0 Å². The second-order valence-electron chi connectivity index (χ2n) is 4.89. The maximum Gasteiger partial charge on any atom is 0.392 e. The molecule has 2 rings (SSSR count). The van der Waals surface area contributed by atoms with E-state index in [-0.39, 0.29) is 18.6 Å². The van der Waals surface area contributed by atoms with Crippen molar-refractivity contribution in [2.45, 2.75) is 38.3 Å². The molecular formula is C13H14ClF3OS. The Labute approximate surface area is 118 Å². The lowest BCUT2D eigenvalue weighted by Crippen LogP contribution is -2.37. The van der Waals surface area contributed by atoms with Gasteiger partial charge in [-0.3, -0.25) is 4.79 Å². The fourth-order valence-electron chi connectivity index (χ4n) is 2.66. The lowest BCUT2D eigenvalue weighted by atomic mass is 9.76. The van der Waals surface area contributed by atoms with Crippen LogP contribution in [0, 0.1) is 11.8 Å². The molecule has 1 aromatic heterocycles. The summed E-state index contributed by atoms with van der Waals surface area (Å²) in [5, 5.41) is 0. The van der Waals surface area contributed by atoms with E-state index in [0.717, 1.165) is 4.88 Å². The molecule has 106 valence electrons. The topological polar surface area (TPSA) is 17.1 Å². The zero-order chi connectivity index (χ0) is 14.0. The first-order valence-corrected chi connectivity index (χ1v) is 7.41. The van der Waals surface area contributed by atoms with Crippen molar-refractivity contribution >= 4 is 28.7 Å². The van der Waals surface area contributed by atoms with Gasteiger partial charge in [0.05, 0.1) is 10.3 Å². The third kappa shape index (κ3) is 3.72. The van der Waals surface area contributed by atoms with Crippen molar-refractivity contribution in [2.24, 2.45) is 11.8 Å². The fourth-order valence-corrected chi connectivity index (χ4v) is 3.75. The van der Waals surface area contributed by atoms with E-state index in [1.165, 1.54) is 11.3 Å². The van der Waals surface area contributed by atoms with Crippen LogP contribution >= 0.6 is 22.9 Å². The molecule has 0 aromatic carbocycles. The number of alkyl halides is 3. The molecular weight excluding hydrogens is 297 g/mol. The highest BCUT2D eigenvalue weighted by Crippen LogP contribution is 2.42. The maximum absolute atomic E-state index is 12.9. The number of Topliss-reactive ketones (excluding diaryl/α,β-unsaturated/α-hetero) is 1. The van der Waals surface area contributed by atoms with Crippen LogP contribution in [-0.4, -0.2) is 12.0 Å². The summed E-state index contributed by atoms with van der Waals surface area (Å²) in [6.45, 7) is 0. The SMILES string of the molecule is O=C(Cc1ccc(Cl)s1)C1CCCCC1C(F)(F)F. The Balaban J connectivity index is 2.07. The van der Waals surface area contributed by atoms with Crippen LogP contribution in [0.5, 0.6) is 0 Å². The first-order chi connectivity index (χ1) is 8.88. The van der Waals surface area contributed by atoms with E-state index in [9.17, 15) is 18.0 Å². The van der Waals surface area contributed by atoms with Crippen LogP contribution in [0.1, 0.15) is 30.6 Å². The molecule has 0 aliphatic heterocycles. The Kier molecular flexibility index (Phi) is 4.56. The second kappa shape index (κ2) is 5.83. The van der Waals surface area contributed by atoms with E-state index < -0.39 is 18.0 Å². The average Bonchev–Trinajstić information content (AvgIpc) is 2.73. The van der Waals surface area contributed by atoms with Gasteiger partial charge in [0.2, 0.25) is 0 Å². The molecule has 0 radical (unpaired) electrons. The van der Waals surface area contributed by atoms with Crippen LogP contribution in [0.2, 0.25) is 4.34 Å². The lowest BCUT2D eigenvalue weighted by Gasteiger charge is -2.31. The highest BCUT2D eigenvalue weighted by Gasteiger charge is 2.47. The van der Waals surface area contributed by atoms with Crippen molar-refractivity contribution in [2.75, 3.05) is 0 Å². The number of halogens is 4. The van der Waals surface area contributed by atoms with Gasteiger partial charge in [0, 0.05) is 17.2 Å². The Hall–Kier alpha value is -0.550. The molecule has 1 fully saturated rings. The predicted molar refractivity (Wildman–Crippen MR) is 69.5 cm³/mol. The second-order valence-corrected chi connectivity index (χ2v) is 6.69. The van der Waals surface area contributed by atoms with Crippen LogP contribution in [-0.2, 0) is 11.2 Å². The summed E-state index contributed by atoms with van der Waals surface area (Å²) >= 11 is 7.01. The molecule has 0 bridgehead atoms. The molecule has 0 spiro atoms. The zero-order valence-electron chi connectivity index (χ0n) is 10.2. The van der Waals surface area contributed by atoms with Crippen LogP contribution in [0.25, 0.3) is 0 Å². The number of hydrogen-bond donors (Lipinski definition) is 0. The van der Waals surface area contributed by atoms with Gasteiger partial charge in [-0.2, -0.15) is 13.2 Å². The van der Waals surface area contributed by atoms with E-state index in [2.05, 4.69) is 0 Å². The summed E-state index contributed by atoms with van der Waals surface area (Å²) in [6.07, 6.45) is -2.53. The van der Waals surface area contributed by atoms with Crippen molar-refractivity contribution in [3.63, 3.8) is 0 Å². The molecule has 19 heavy (non-hydrogen) atoms. The molecule has 2 atom stereocenters. The third-order valence-electron chi connectivity index (χ3n) is 3.58. The maximum atomic E-state index is 12.9. The van der Waals surface area contributed by atoms with E-state index >= 15 is 0 Å². The molecule has 1 aromatic rings. The number of rotatable bonds is 3. The van der Waals surface area contributed by atoms with Crippen molar-refractivity contribution in [3.05, 3.63) is 21.3 Å². The number of thiophene rings is 1. The van der Waals surface area contributed by atoms with Crippen LogP contribution in [0.3, 0.4) is 0 Å². The molecule has 0 amide bonds. The van der Waals surface area contributed by atoms with Gasteiger partial charge in [-0.15, -0.1) is 11.3 Å². The molecule has 1 nitrogen and oxygen atoms in total. The van der Waals surface area contributed by atoms with Gasteiger partial charge in [0.1, 0.15) is 5.78 Å². The summed E-state index contributed by atoms with van der Waals surface area (Å²) in [4.78, 5) is 12.8. The summed E-state index contributed by atoms with van der Waals surface area (Å²) in [7, 11) is 0. The van der Waals surface area contributed by atoms with Crippen LogP contribution in [0.15, 0.2) is 12.1 Å². The number of carbonyl (C=O) groups excluding carboxylic acids is 1. The van der Waals surface area contributed by atoms with Gasteiger partial charge >= 0.3 is 6.18 Å². The molecule has 0 N–H and O–H groups in total. The smallest absolute Gasteiger partial charge is 0.299 e. The van der Waals surface area contributed by atoms with Crippen LogP contribution in [0.4, 0.5) is 13.2 Å². The van der Waals surface area contributed by atoms with E-state index in [1.807, 2.05) is 0 Å². The van der Waals surface area contributed by atoms with Gasteiger partial charge in [-0.05, 0) is 25.0 Å². The van der Waals surface area contributed by atoms with Gasteiger partial charge in [-0.25, -0.2) is 0 Å². The zero-order valence-corrected chi connectivity index (χ0v) is 11.7. The minimum Gasteiger partial charge on any atom is -0.299 e. The number of ketones is 1. The summed E-state index contributed by atoms with van der Waals surface area (Å²) in [6, 6.07) is 3.37. The standard InChI is InChI=1S/C13H14ClF3OS/c14-12-6-5-8(19-12)7-11(18)9-3-1-2-4-10(9)13(15,16)17/h5-6,9-10H,1-4,7H2. The van der Waals surface area contributed by atoms with E-state index in [1.54, 1.807) is 12.1 Å². The van der Waals surface area contributed by atoms with Crippen molar-refractivity contribution in [1.29, 1.82) is 0 Å². The Morgan fingerprint density at radius 1 is 1.32 bits per heavy atom. The third-order valence-corrected chi connectivity index (χ3v) is 4.81.